The van der Waals surface area contributed by atoms with E-state index < -0.39 is 6.10 Å². The van der Waals surface area contributed by atoms with Gasteiger partial charge in [0.2, 0.25) is 0 Å². The molecule has 0 bridgehead atoms. The number of esters is 3. The number of ether oxygens (including phenoxy) is 3. The summed E-state index contributed by atoms with van der Waals surface area (Å²) in [6, 6.07) is 0. The van der Waals surface area contributed by atoms with Crippen LogP contribution in [-0.4, -0.2) is 37.2 Å². The van der Waals surface area contributed by atoms with Crippen molar-refractivity contribution in [1.29, 1.82) is 0 Å². The Bertz CT molecular complexity index is 1330. The van der Waals surface area contributed by atoms with Crippen molar-refractivity contribution in [3.05, 3.63) is 85.1 Å². The summed E-state index contributed by atoms with van der Waals surface area (Å²) in [6.45, 7) is 6.44. The number of carbonyl (C=O) groups is 3. The molecule has 0 radical (unpaired) electrons. The minimum Gasteiger partial charge on any atom is -0.462 e. The normalized spacial score (nSPS) is 12.7. The molecule has 0 aromatic carbocycles. The van der Waals surface area contributed by atoms with Crippen molar-refractivity contribution < 1.29 is 28.6 Å². The summed E-state index contributed by atoms with van der Waals surface area (Å²) in [7, 11) is 0. The number of unbranched alkanes of at least 4 members (excludes halogenated alkanes) is 27. The Balaban J connectivity index is 4.37. The van der Waals surface area contributed by atoms with E-state index in [1.165, 1.54) is 141 Å². The second-order valence-corrected chi connectivity index (χ2v) is 19.2. The molecule has 0 aliphatic heterocycles. The first-order chi connectivity index (χ1) is 34.0. The molecule has 0 unspecified atom stereocenters. The van der Waals surface area contributed by atoms with Crippen LogP contribution in [0.25, 0.3) is 0 Å². The molecule has 0 heterocycles. The van der Waals surface area contributed by atoms with E-state index in [9.17, 15) is 14.4 Å². The Morgan fingerprint density at radius 2 is 0.609 bits per heavy atom. The number of hydrogen-bond donors (Lipinski definition) is 0. The standard InChI is InChI=1S/C63H108O6/c1-4-7-10-13-16-19-22-24-26-28-30-31-33-35-37-39-42-44-47-50-53-56-62(65)68-59-60(69-63(66)57-54-51-48-45-40-21-18-15-12-9-6-3)58-67-61(64)55-52-49-46-43-41-38-36-34-32-29-27-25-23-20-17-14-11-8-5-2/h8,11,15,17-18,20,25,27,32,34,38,41,46,49,60H,4-7,9-10,12-14,16,19,21-24,26,28-31,33,35-37,39-40,42-45,47-48,50-59H2,1-3H3/b11-8-,18-15-,20-17-,27-25-,34-32-,41-38-,49-46-/t60-/m1/s1. The number of allylic oxidation sites excluding steroid dienone is 14. The highest BCUT2D eigenvalue weighted by molar-refractivity contribution is 5.71. The molecule has 69 heavy (non-hydrogen) atoms. The van der Waals surface area contributed by atoms with Gasteiger partial charge in [0.25, 0.3) is 0 Å². The zero-order valence-electron chi connectivity index (χ0n) is 45.3. The maximum atomic E-state index is 12.8. The zero-order chi connectivity index (χ0) is 50.0. The van der Waals surface area contributed by atoms with Crippen molar-refractivity contribution >= 4 is 17.9 Å². The number of rotatable bonds is 52. The van der Waals surface area contributed by atoms with Gasteiger partial charge in [-0.15, -0.1) is 0 Å². The fraction of sp³-hybridized carbons (Fsp3) is 0.730. The van der Waals surface area contributed by atoms with Gasteiger partial charge in [-0.2, -0.15) is 0 Å². The molecule has 0 aromatic heterocycles. The third kappa shape index (κ3) is 55.4. The maximum Gasteiger partial charge on any atom is 0.306 e. The van der Waals surface area contributed by atoms with Crippen molar-refractivity contribution in [2.45, 2.75) is 284 Å². The number of carbonyl (C=O) groups excluding carboxylic acids is 3. The van der Waals surface area contributed by atoms with Crippen LogP contribution >= 0.6 is 0 Å². The Morgan fingerprint density at radius 3 is 1.01 bits per heavy atom. The topological polar surface area (TPSA) is 78.9 Å². The van der Waals surface area contributed by atoms with Crippen molar-refractivity contribution in [3.8, 4) is 0 Å². The van der Waals surface area contributed by atoms with Crippen LogP contribution < -0.4 is 0 Å². The quantitative estimate of drug-likeness (QED) is 0.0262. The summed E-state index contributed by atoms with van der Waals surface area (Å²) < 4.78 is 16.8. The summed E-state index contributed by atoms with van der Waals surface area (Å²) in [4.78, 5) is 38.1. The van der Waals surface area contributed by atoms with Gasteiger partial charge in [-0.3, -0.25) is 14.4 Å². The molecule has 0 aliphatic rings. The van der Waals surface area contributed by atoms with Gasteiger partial charge in [0.15, 0.2) is 6.10 Å². The molecule has 6 nitrogen and oxygen atoms in total. The van der Waals surface area contributed by atoms with E-state index in [1.807, 2.05) is 6.08 Å². The van der Waals surface area contributed by atoms with Gasteiger partial charge in [-0.05, 0) is 77.0 Å². The summed E-state index contributed by atoms with van der Waals surface area (Å²) >= 11 is 0. The van der Waals surface area contributed by atoms with E-state index in [-0.39, 0.29) is 37.5 Å². The van der Waals surface area contributed by atoms with Gasteiger partial charge in [0.05, 0.1) is 0 Å². The van der Waals surface area contributed by atoms with E-state index in [2.05, 4.69) is 99.8 Å². The molecule has 0 fully saturated rings. The van der Waals surface area contributed by atoms with E-state index in [1.54, 1.807) is 0 Å². The molecule has 0 rings (SSSR count). The maximum absolute atomic E-state index is 12.8. The van der Waals surface area contributed by atoms with E-state index in [0.717, 1.165) is 89.9 Å². The predicted octanol–water partition coefficient (Wildman–Crippen LogP) is 19.5. The second-order valence-electron chi connectivity index (χ2n) is 19.2. The van der Waals surface area contributed by atoms with Crippen LogP contribution in [0.1, 0.15) is 278 Å². The molecule has 0 saturated heterocycles. The lowest BCUT2D eigenvalue weighted by Gasteiger charge is -2.18. The van der Waals surface area contributed by atoms with Crippen molar-refractivity contribution in [2.75, 3.05) is 13.2 Å². The molecule has 0 aliphatic carbocycles. The molecular weight excluding hydrogens is 853 g/mol. The second kappa shape index (κ2) is 57.2. The Labute approximate surface area is 426 Å². The molecule has 1 atom stereocenters. The highest BCUT2D eigenvalue weighted by atomic mass is 16.6. The average molecular weight is 962 g/mol. The predicted molar refractivity (Wildman–Crippen MR) is 297 cm³/mol. The Hall–Kier alpha value is -3.41. The van der Waals surface area contributed by atoms with Gasteiger partial charge in [0, 0.05) is 19.3 Å². The van der Waals surface area contributed by atoms with Crippen LogP contribution in [0.3, 0.4) is 0 Å². The third-order valence-corrected chi connectivity index (χ3v) is 12.4. The molecule has 0 N–H and O–H groups in total. The van der Waals surface area contributed by atoms with Crippen LogP contribution in [0.5, 0.6) is 0 Å². The lowest BCUT2D eigenvalue weighted by Crippen LogP contribution is -2.30. The minimum atomic E-state index is -0.810. The average Bonchev–Trinajstić information content (AvgIpc) is 3.35. The smallest absolute Gasteiger partial charge is 0.306 e. The van der Waals surface area contributed by atoms with Gasteiger partial charge in [0.1, 0.15) is 13.2 Å². The molecule has 6 heteroatoms. The minimum absolute atomic E-state index is 0.101. The third-order valence-electron chi connectivity index (χ3n) is 12.4. The molecule has 0 aromatic rings. The first kappa shape index (κ1) is 65.6. The van der Waals surface area contributed by atoms with Crippen LogP contribution in [0.4, 0.5) is 0 Å². The number of hydrogen-bond acceptors (Lipinski definition) is 6. The van der Waals surface area contributed by atoms with Crippen molar-refractivity contribution in [3.63, 3.8) is 0 Å². The molecule has 0 saturated carbocycles. The van der Waals surface area contributed by atoms with Gasteiger partial charge < -0.3 is 14.2 Å². The molecule has 396 valence electrons. The van der Waals surface area contributed by atoms with Gasteiger partial charge >= 0.3 is 17.9 Å². The highest BCUT2D eigenvalue weighted by Crippen LogP contribution is 2.16. The van der Waals surface area contributed by atoms with Gasteiger partial charge in [-0.1, -0.05) is 266 Å². The monoisotopic (exact) mass is 961 g/mol. The Kier molecular flexibility index (Phi) is 54.3. The lowest BCUT2D eigenvalue weighted by atomic mass is 10.0. The molecule has 0 amide bonds. The van der Waals surface area contributed by atoms with Crippen molar-refractivity contribution in [1.82, 2.24) is 0 Å². The van der Waals surface area contributed by atoms with Crippen LogP contribution in [0, 0.1) is 0 Å². The Morgan fingerprint density at radius 1 is 0.304 bits per heavy atom. The highest BCUT2D eigenvalue weighted by Gasteiger charge is 2.19. The molecule has 0 spiro atoms. The summed E-state index contributed by atoms with van der Waals surface area (Å²) in [6.07, 6.45) is 74.6. The summed E-state index contributed by atoms with van der Waals surface area (Å²) in [5.41, 5.74) is 0. The van der Waals surface area contributed by atoms with E-state index in [0.29, 0.717) is 19.3 Å². The lowest BCUT2D eigenvalue weighted by molar-refractivity contribution is -0.166. The first-order valence-electron chi connectivity index (χ1n) is 29.1. The SMILES string of the molecule is CC/C=C\C/C=C\C/C=C\C/C=C\C/C=C\C/C=C\CCC(=O)OC[C@H](COC(=O)CCCCCCCCCCCCCCCCCCCCCCC)OC(=O)CCCCCCC/C=C\CCCC. The van der Waals surface area contributed by atoms with Crippen LogP contribution in [0.2, 0.25) is 0 Å². The zero-order valence-corrected chi connectivity index (χ0v) is 45.3. The largest absolute Gasteiger partial charge is 0.462 e. The fourth-order valence-electron chi connectivity index (χ4n) is 8.04. The van der Waals surface area contributed by atoms with E-state index >= 15 is 0 Å². The van der Waals surface area contributed by atoms with Crippen molar-refractivity contribution in [2.24, 2.45) is 0 Å². The fourth-order valence-corrected chi connectivity index (χ4v) is 8.04. The van der Waals surface area contributed by atoms with Crippen LogP contribution in [-0.2, 0) is 28.6 Å². The van der Waals surface area contributed by atoms with Gasteiger partial charge in [-0.25, -0.2) is 0 Å². The molecular formula is C63H108O6. The first-order valence-corrected chi connectivity index (χ1v) is 29.1. The summed E-state index contributed by atoms with van der Waals surface area (Å²) in [5, 5.41) is 0. The van der Waals surface area contributed by atoms with Crippen LogP contribution in [0.15, 0.2) is 85.1 Å². The summed E-state index contributed by atoms with van der Waals surface area (Å²) in [5.74, 6) is -0.993. The van der Waals surface area contributed by atoms with E-state index in [4.69, 9.17) is 14.2 Å².